The van der Waals surface area contributed by atoms with Gasteiger partial charge in [0.05, 0.1) is 0 Å². The zero-order valence-corrected chi connectivity index (χ0v) is 31.3. The first kappa shape index (κ1) is 38.3. The highest BCUT2D eigenvalue weighted by Gasteiger charge is 2.30. The van der Waals surface area contributed by atoms with Crippen molar-refractivity contribution in [3.63, 3.8) is 0 Å². The van der Waals surface area contributed by atoms with Gasteiger partial charge in [-0.3, -0.25) is 14.4 Å². The fraction of sp³-hybridized carbons (Fsp3) is 0.475. The van der Waals surface area contributed by atoms with Crippen LogP contribution >= 0.6 is 0 Å². The first-order valence-electron chi connectivity index (χ1n) is 18.2. The Kier molecular flexibility index (Phi) is 12.2. The quantitative estimate of drug-likeness (QED) is 0.256. The van der Waals surface area contributed by atoms with Crippen molar-refractivity contribution in [1.82, 2.24) is 20.2 Å². The number of aryl methyl sites for hydroxylation is 2. The van der Waals surface area contributed by atoms with E-state index < -0.39 is 5.60 Å². The van der Waals surface area contributed by atoms with Gasteiger partial charge in [0.1, 0.15) is 11.4 Å². The minimum atomic E-state index is -0.554. The number of nitrogens with zero attached hydrogens (tertiary/aromatic N) is 4. The summed E-state index contributed by atoms with van der Waals surface area (Å²) >= 11 is 0. The van der Waals surface area contributed by atoms with E-state index in [1.54, 1.807) is 16.0 Å². The molecule has 278 valence electrons. The van der Waals surface area contributed by atoms with Gasteiger partial charge in [-0.25, -0.2) is 9.78 Å². The van der Waals surface area contributed by atoms with Crippen LogP contribution in [-0.2, 0) is 27.2 Å². The third-order valence-corrected chi connectivity index (χ3v) is 9.50. The lowest BCUT2D eigenvalue weighted by atomic mass is 9.95. The van der Waals surface area contributed by atoms with E-state index in [9.17, 15) is 19.2 Å². The second kappa shape index (κ2) is 16.6. The molecule has 2 saturated heterocycles. The van der Waals surface area contributed by atoms with E-state index in [2.05, 4.69) is 28.7 Å². The van der Waals surface area contributed by atoms with E-state index in [4.69, 9.17) is 14.5 Å². The summed E-state index contributed by atoms with van der Waals surface area (Å²) in [7, 11) is 0. The van der Waals surface area contributed by atoms with Crippen LogP contribution in [0.2, 0.25) is 0 Å². The summed E-state index contributed by atoms with van der Waals surface area (Å²) in [6, 6.07) is 9.46. The molecule has 2 aromatic heterocycles. The van der Waals surface area contributed by atoms with E-state index in [0.29, 0.717) is 80.2 Å². The number of aromatic nitrogens is 2. The molecule has 5 rings (SSSR count). The molecule has 0 radical (unpaired) electrons. The van der Waals surface area contributed by atoms with Gasteiger partial charge in [0.2, 0.25) is 0 Å². The number of hydrogen-bond donors (Lipinski definition) is 2. The molecule has 2 fully saturated rings. The van der Waals surface area contributed by atoms with E-state index in [1.165, 1.54) is 6.08 Å². The zero-order valence-electron chi connectivity index (χ0n) is 31.3. The summed E-state index contributed by atoms with van der Waals surface area (Å²) < 4.78 is 11.1. The standard InChI is InChI=1S/C40H52N6O6/c1-8-10-28-21-26(3)43-38(49)33(28)25-42-37(48)32-22-30(23-34(27(32)4)46(36(47)9-2)31-13-19-51-20-14-31)29-11-12-35(41-24-29)44-15-17-45(18-16-44)39(50)52-40(5,6)7/h9,11-12,21-24,31H,2,8,10,13-20,25H2,1,3-7H3,(H,42,48)(H,43,49). The Labute approximate surface area is 306 Å². The van der Waals surface area contributed by atoms with Crippen molar-refractivity contribution in [2.75, 3.05) is 49.2 Å². The third kappa shape index (κ3) is 9.08. The van der Waals surface area contributed by atoms with Gasteiger partial charge in [0.15, 0.2) is 0 Å². The molecule has 2 aliphatic heterocycles. The van der Waals surface area contributed by atoms with Gasteiger partial charge < -0.3 is 34.5 Å². The van der Waals surface area contributed by atoms with E-state index in [-0.39, 0.29) is 36.1 Å². The predicted octanol–water partition coefficient (Wildman–Crippen LogP) is 5.69. The summed E-state index contributed by atoms with van der Waals surface area (Å²) in [5.74, 6) is 0.163. The number of carbonyl (C=O) groups is 3. The average Bonchev–Trinajstić information content (AvgIpc) is 3.12. The number of hydrogen-bond acceptors (Lipinski definition) is 8. The fourth-order valence-corrected chi connectivity index (χ4v) is 6.81. The van der Waals surface area contributed by atoms with Gasteiger partial charge in [-0.1, -0.05) is 19.9 Å². The molecule has 3 amide bonds. The minimum absolute atomic E-state index is 0.0650. The Morgan fingerprint density at radius 3 is 2.40 bits per heavy atom. The molecule has 0 atom stereocenters. The summed E-state index contributed by atoms with van der Waals surface area (Å²) in [6.45, 7) is 18.5. The Morgan fingerprint density at radius 2 is 1.79 bits per heavy atom. The lowest BCUT2D eigenvalue weighted by Crippen LogP contribution is -2.50. The SMILES string of the molecule is C=CC(=O)N(c1cc(-c2ccc(N3CCN(C(=O)OC(C)(C)C)CC3)nc2)cc(C(=O)NCc2c(CCC)cc(C)[nH]c2=O)c1C)C1CCOCC1. The summed E-state index contributed by atoms with van der Waals surface area (Å²) in [6.07, 6.45) is 5.64. The van der Waals surface area contributed by atoms with Gasteiger partial charge in [-0.2, -0.15) is 0 Å². The number of pyridine rings is 2. The second-order valence-corrected chi connectivity index (χ2v) is 14.5. The second-order valence-electron chi connectivity index (χ2n) is 14.5. The molecule has 2 aliphatic rings. The largest absolute Gasteiger partial charge is 0.444 e. The molecule has 12 heteroatoms. The number of aromatic amines is 1. The van der Waals surface area contributed by atoms with Gasteiger partial charge in [-0.05, 0) is 107 Å². The van der Waals surface area contributed by atoms with Crippen LogP contribution in [0.15, 0.2) is 54.0 Å². The topological polar surface area (TPSA) is 137 Å². The molecule has 0 bridgehead atoms. The van der Waals surface area contributed by atoms with Crippen LogP contribution < -0.4 is 20.7 Å². The number of nitrogens with one attached hydrogen (secondary N) is 2. The van der Waals surface area contributed by atoms with Gasteiger partial charge >= 0.3 is 6.09 Å². The zero-order chi connectivity index (χ0) is 37.6. The van der Waals surface area contributed by atoms with E-state index in [1.807, 2.05) is 65.0 Å². The lowest BCUT2D eigenvalue weighted by molar-refractivity contribution is -0.115. The highest BCUT2D eigenvalue weighted by Crippen LogP contribution is 2.35. The van der Waals surface area contributed by atoms with Crippen LogP contribution in [0.4, 0.5) is 16.3 Å². The lowest BCUT2D eigenvalue weighted by Gasteiger charge is -2.36. The van der Waals surface area contributed by atoms with Crippen LogP contribution in [0.1, 0.15) is 79.7 Å². The van der Waals surface area contributed by atoms with Crippen LogP contribution in [-0.4, -0.2) is 83.8 Å². The molecular weight excluding hydrogens is 660 g/mol. The van der Waals surface area contributed by atoms with Crippen LogP contribution in [0, 0.1) is 13.8 Å². The maximum atomic E-state index is 14.0. The van der Waals surface area contributed by atoms with Crippen LogP contribution in [0.3, 0.4) is 0 Å². The van der Waals surface area contributed by atoms with E-state index in [0.717, 1.165) is 35.5 Å². The van der Waals surface area contributed by atoms with Crippen molar-refractivity contribution < 1.29 is 23.9 Å². The smallest absolute Gasteiger partial charge is 0.410 e. The number of anilines is 2. The third-order valence-electron chi connectivity index (χ3n) is 9.50. The Hall–Kier alpha value is -4.97. The molecule has 2 N–H and O–H groups in total. The summed E-state index contributed by atoms with van der Waals surface area (Å²) in [5, 5.41) is 3.00. The Morgan fingerprint density at radius 1 is 1.08 bits per heavy atom. The number of rotatable bonds is 10. The normalized spacial score (nSPS) is 15.3. The number of piperazine rings is 1. The number of ether oxygens (including phenoxy) is 2. The molecule has 0 unspecified atom stereocenters. The first-order valence-corrected chi connectivity index (χ1v) is 18.2. The molecule has 0 saturated carbocycles. The molecule has 1 aromatic carbocycles. The van der Waals surface area contributed by atoms with Crippen molar-refractivity contribution >= 4 is 29.4 Å². The average molecular weight is 713 g/mol. The monoisotopic (exact) mass is 712 g/mol. The van der Waals surface area contributed by atoms with Crippen molar-refractivity contribution in [2.24, 2.45) is 0 Å². The minimum Gasteiger partial charge on any atom is -0.444 e. The van der Waals surface area contributed by atoms with Crippen LogP contribution in [0.25, 0.3) is 11.1 Å². The number of benzene rings is 1. The Bertz CT molecular complexity index is 1830. The van der Waals surface area contributed by atoms with Crippen molar-refractivity contribution in [2.45, 2.75) is 85.4 Å². The molecule has 0 aliphatic carbocycles. The van der Waals surface area contributed by atoms with Crippen molar-refractivity contribution in [3.05, 3.63) is 87.5 Å². The molecule has 0 spiro atoms. The predicted molar refractivity (Wildman–Crippen MR) is 203 cm³/mol. The maximum absolute atomic E-state index is 14.0. The highest BCUT2D eigenvalue weighted by molar-refractivity contribution is 6.05. The number of carbonyl (C=O) groups excluding carboxylic acids is 3. The Balaban J connectivity index is 1.46. The highest BCUT2D eigenvalue weighted by atomic mass is 16.6. The van der Waals surface area contributed by atoms with Gasteiger partial charge in [0, 0.05) is 86.2 Å². The van der Waals surface area contributed by atoms with Crippen LogP contribution in [0.5, 0.6) is 0 Å². The van der Waals surface area contributed by atoms with E-state index >= 15 is 0 Å². The summed E-state index contributed by atoms with van der Waals surface area (Å²) in [5.41, 5.74) is 4.59. The molecular formula is C40H52N6O6. The maximum Gasteiger partial charge on any atom is 0.410 e. The summed E-state index contributed by atoms with van der Waals surface area (Å²) in [4.78, 5) is 66.3. The fourth-order valence-electron chi connectivity index (χ4n) is 6.81. The molecule has 12 nitrogen and oxygen atoms in total. The first-order chi connectivity index (χ1) is 24.8. The number of amides is 3. The van der Waals surface area contributed by atoms with Crippen molar-refractivity contribution in [3.8, 4) is 11.1 Å². The van der Waals surface area contributed by atoms with Gasteiger partial charge in [0.25, 0.3) is 17.4 Å². The number of H-pyrrole nitrogens is 1. The molecule has 52 heavy (non-hydrogen) atoms. The molecule has 3 aromatic rings. The molecule has 4 heterocycles. The van der Waals surface area contributed by atoms with Crippen molar-refractivity contribution in [1.29, 1.82) is 0 Å². The van der Waals surface area contributed by atoms with Gasteiger partial charge in [-0.15, -0.1) is 0 Å².